The van der Waals surface area contributed by atoms with E-state index in [0.717, 1.165) is 17.7 Å². The van der Waals surface area contributed by atoms with Gasteiger partial charge in [-0.3, -0.25) is 9.59 Å². The van der Waals surface area contributed by atoms with Gasteiger partial charge in [0.25, 0.3) is 11.5 Å². The molecule has 3 aromatic rings. The number of aromatic nitrogens is 2. The Hall–Kier alpha value is -3.68. The summed E-state index contributed by atoms with van der Waals surface area (Å²) in [6.45, 7) is 4.42. The smallest absolute Gasteiger partial charge is 0.292 e. The van der Waals surface area contributed by atoms with Gasteiger partial charge < -0.3 is 9.47 Å². The van der Waals surface area contributed by atoms with E-state index in [2.05, 4.69) is 20.7 Å². The molecular weight excluding hydrogens is 372 g/mol. The second kappa shape index (κ2) is 7.75. The number of hydrazone groups is 1. The van der Waals surface area contributed by atoms with E-state index in [4.69, 9.17) is 9.47 Å². The van der Waals surface area contributed by atoms with Gasteiger partial charge in [-0.2, -0.15) is 10.2 Å². The molecule has 1 atom stereocenters. The minimum Gasteiger partial charge on any atom is -0.493 e. The van der Waals surface area contributed by atoms with Gasteiger partial charge in [0.1, 0.15) is 17.6 Å². The van der Waals surface area contributed by atoms with Crippen LogP contribution in [-0.2, 0) is 6.42 Å². The summed E-state index contributed by atoms with van der Waals surface area (Å²) in [5.74, 6) is 0.939. The lowest BCUT2D eigenvalue weighted by molar-refractivity contribution is 0.0951. The van der Waals surface area contributed by atoms with Crippen molar-refractivity contribution in [3.8, 4) is 11.5 Å². The summed E-state index contributed by atoms with van der Waals surface area (Å²) in [5.41, 5.74) is 3.98. The molecule has 2 N–H and O–H groups in total. The topological polar surface area (TPSA) is 106 Å². The molecule has 1 amide bonds. The normalized spacial score (nSPS) is 15.3. The molecule has 4 rings (SSSR count). The first kappa shape index (κ1) is 18.7. The molecule has 8 heteroatoms. The van der Waals surface area contributed by atoms with Crippen LogP contribution >= 0.6 is 0 Å². The first-order valence-corrected chi connectivity index (χ1v) is 9.34. The van der Waals surface area contributed by atoms with Crippen molar-refractivity contribution in [2.24, 2.45) is 5.10 Å². The van der Waals surface area contributed by atoms with Crippen LogP contribution in [0, 0.1) is 0 Å². The maximum atomic E-state index is 12.5. The molecule has 1 aromatic heterocycles. The quantitative estimate of drug-likeness (QED) is 0.512. The monoisotopic (exact) mass is 392 g/mol. The molecule has 0 aliphatic carbocycles. The summed E-state index contributed by atoms with van der Waals surface area (Å²) in [6.07, 6.45) is 2.45. The van der Waals surface area contributed by atoms with E-state index < -0.39 is 5.91 Å². The molecule has 148 valence electrons. The van der Waals surface area contributed by atoms with Crippen LogP contribution in [0.2, 0.25) is 0 Å². The molecule has 1 aliphatic heterocycles. The molecule has 8 nitrogen and oxygen atoms in total. The van der Waals surface area contributed by atoms with Crippen molar-refractivity contribution in [2.75, 3.05) is 6.61 Å². The Labute approximate surface area is 166 Å². The molecule has 2 heterocycles. The molecule has 0 fully saturated rings. The van der Waals surface area contributed by atoms with Gasteiger partial charge in [-0.25, -0.2) is 10.5 Å². The third kappa shape index (κ3) is 3.69. The van der Waals surface area contributed by atoms with Crippen molar-refractivity contribution in [3.63, 3.8) is 0 Å². The number of amides is 1. The van der Waals surface area contributed by atoms with E-state index in [0.29, 0.717) is 28.7 Å². The summed E-state index contributed by atoms with van der Waals surface area (Å²) in [7, 11) is 0. The molecule has 0 saturated heterocycles. The van der Waals surface area contributed by atoms with Crippen molar-refractivity contribution in [3.05, 3.63) is 63.6 Å². The average Bonchev–Trinajstić information content (AvgIpc) is 3.07. The Kier molecular flexibility index (Phi) is 4.99. The minimum atomic E-state index is -0.530. The fourth-order valence-electron chi connectivity index (χ4n) is 3.34. The van der Waals surface area contributed by atoms with Crippen molar-refractivity contribution in [1.29, 1.82) is 0 Å². The van der Waals surface area contributed by atoms with Gasteiger partial charge in [-0.05, 0) is 32.0 Å². The van der Waals surface area contributed by atoms with E-state index in [1.807, 2.05) is 26.0 Å². The summed E-state index contributed by atoms with van der Waals surface area (Å²) in [5, 5.41) is 11.1. The largest absolute Gasteiger partial charge is 0.493 e. The zero-order valence-corrected chi connectivity index (χ0v) is 16.1. The summed E-state index contributed by atoms with van der Waals surface area (Å²) >= 11 is 0. The van der Waals surface area contributed by atoms with E-state index >= 15 is 0 Å². The highest BCUT2D eigenvalue weighted by molar-refractivity contribution is 6.04. The van der Waals surface area contributed by atoms with E-state index in [-0.39, 0.29) is 17.4 Å². The molecule has 29 heavy (non-hydrogen) atoms. The number of benzene rings is 2. The van der Waals surface area contributed by atoms with Crippen molar-refractivity contribution in [2.45, 2.75) is 26.4 Å². The van der Waals surface area contributed by atoms with E-state index in [1.54, 1.807) is 24.3 Å². The number of hydrogen-bond donors (Lipinski definition) is 2. The molecule has 0 bridgehead atoms. The molecule has 0 unspecified atom stereocenters. The lowest BCUT2D eigenvalue weighted by Gasteiger charge is -2.09. The van der Waals surface area contributed by atoms with Crippen LogP contribution in [0.4, 0.5) is 0 Å². The first-order chi connectivity index (χ1) is 14.1. The third-order valence-electron chi connectivity index (χ3n) is 4.61. The highest BCUT2D eigenvalue weighted by Gasteiger charge is 2.21. The Bertz CT molecular complexity index is 1170. The lowest BCUT2D eigenvalue weighted by atomic mass is 10.1. The number of rotatable bonds is 5. The number of ether oxygens (including phenoxy) is 2. The van der Waals surface area contributed by atoms with Gasteiger partial charge in [-0.1, -0.05) is 18.2 Å². The second-order valence-electron chi connectivity index (χ2n) is 6.71. The van der Waals surface area contributed by atoms with Gasteiger partial charge in [0.15, 0.2) is 5.69 Å². The van der Waals surface area contributed by atoms with Crippen LogP contribution in [0.1, 0.15) is 35.5 Å². The zero-order chi connectivity index (χ0) is 20.4. The summed E-state index contributed by atoms with van der Waals surface area (Å²) in [4.78, 5) is 24.4. The zero-order valence-electron chi connectivity index (χ0n) is 16.1. The number of H-pyrrole nitrogens is 1. The fourth-order valence-corrected chi connectivity index (χ4v) is 3.34. The fraction of sp³-hybridized carbons (Fsp3) is 0.238. The highest BCUT2D eigenvalue weighted by Crippen LogP contribution is 2.34. The predicted molar refractivity (Wildman–Crippen MR) is 109 cm³/mol. The van der Waals surface area contributed by atoms with Crippen molar-refractivity contribution in [1.82, 2.24) is 15.6 Å². The molecule has 0 radical (unpaired) electrons. The Balaban J connectivity index is 1.58. The Morgan fingerprint density at radius 2 is 2.17 bits per heavy atom. The number of nitrogens with zero attached hydrogens (tertiary/aromatic N) is 2. The number of aromatic amines is 1. The summed E-state index contributed by atoms with van der Waals surface area (Å²) < 4.78 is 11.5. The van der Waals surface area contributed by atoms with Gasteiger partial charge >= 0.3 is 0 Å². The first-order valence-electron chi connectivity index (χ1n) is 9.34. The van der Waals surface area contributed by atoms with Crippen LogP contribution < -0.4 is 20.5 Å². The molecule has 2 aromatic carbocycles. The average molecular weight is 392 g/mol. The lowest BCUT2D eigenvalue weighted by Crippen LogP contribution is -2.22. The number of fused-ring (bicyclic) bond motifs is 2. The minimum absolute atomic E-state index is 0.0912. The standard InChI is InChI=1S/C21H20N4O4/c1-3-28-17-9-13-8-12(2)29-18(13)10-14(17)11-22-24-21(27)19-15-6-4-5-7-16(15)20(26)25-23-19/h4-7,9-12H,3,8H2,1-2H3,(H,24,27)(H,25,26)/b22-11-/t12-/m0/s1. The van der Waals surface area contributed by atoms with E-state index in [9.17, 15) is 9.59 Å². The van der Waals surface area contributed by atoms with Crippen LogP contribution in [0.25, 0.3) is 10.8 Å². The molecule has 1 aliphatic rings. The number of carbonyl (C=O) groups is 1. The molecule has 0 spiro atoms. The van der Waals surface area contributed by atoms with Crippen molar-refractivity contribution >= 4 is 22.9 Å². The number of nitrogens with one attached hydrogen (secondary N) is 2. The van der Waals surface area contributed by atoms with Crippen LogP contribution in [0.3, 0.4) is 0 Å². The molecular formula is C21H20N4O4. The summed E-state index contributed by atoms with van der Waals surface area (Å²) in [6, 6.07) is 10.6. The third-order valence-corrected chi connectivity index (χ3v) is 4.61. The number of carbonyl (C=O) groups excluding carboxylic acids is 1. The highest BCUT2D eigenvalue weighted by atomic mass is 16.5. The molecule has 0 saturated carbocycles. The second-order valence-corrected chi connectivity index (χ2v) is 6.71. The Morgan fingerprint density at radius 1 is 1.38 bits per heavy atom. The van der Waals surface area contributed by atoms with E-state index in [1.165, 1.54) is 6.21 Å². The van der Waals surface area contributed by atoms with Gasteiger partial charge in [0.2, 0.25) is 0 Å². The Morgan fingerprint density at radius 3 is 2.97 bits per heavy atom. The van der Waals surface area contributed by atoms with Gasteiger partial charge in [0, 0.05) is 22.9 Å². The number of hydrogen-bond acceptors (Lipinski definition) is 6. The van der Waals surface area contributed by atoms with Crippen LogP contribution in [0.5, 0.6) is 11.5 Å². The maximum absolute atomic E-state index is 12.5. The van der Waals surface area contributed by atoms with Crippen LogP contribution in [-0.4, -0.2) is 35.0 Å². The van der Waals surface area contributed by atoms with Gasteiger partial charge in [-0.15, -0.1) is 0 Å². The maximum Gasteiger partial charge on any atom is 0.292 e. The predicted octanol–water partition coefficient (Wildman–Crippen LogP) is 2.41. The van der Waals surface area contributed by atoms with Gasteiger partial charge in [0.05, 0.1) is 18.2 Å². The van der Waals surface area contributed by atoms with Crippen LogP contribution in [0.15, 0.2) is 46.3 Å². The SMILES string of the molecule is CCOc1cc2c(cc1/C=N\NC(=O)c1n[nH]c(=O)c3ccccc13)O[C@@H](C)C2. The van der Waals surface area contributed by atoms with Crippen molar-refractivity contribution < 1.29 is 14.3 Å².